The van der Waals surface area contributed by atoms with E-state index in [1.807, 2.05) is 0 Å². The van der Waals surface area contributed by atoms with E-state index in [1.165, 1.54) is 0 Å². The molecule has 4 saturated carbocycles. The molecule has 6 rings (SSSR count). The zero-order valence-corrected chi connectivity index (χ0v) is 12.7. The van der Waals surface area contributed by atoms with Crippen molar-refractivity contribution < 1.29 is 19.1 Å². The Morgan fingerprint density at radius 2 is 1.27 bits per heavy atom. The van der Waals surface area contributed by atoms with Gasteiger partial charge in [0.15, 0.2) is 0 Å². The average Bonchev–Trinajstić information content (AvgIpc) is 3.27. The van der Waals surface area contributed by atoms with Crippen molar-refractivity contribution in [2.45, 2.75) is 25.9 Å². The number of nitrogens with zero attached hydrogens (tertiary/aromatic N) is 2. The largest absolute Gasteiger partial charge is 0.448 e. The maximum absolute atomic E-state index is 12.4. The fourth-order valence-corrected chi connectivity index (χ4v) is 6.39. The van der Waals surface area contributed by atoms with Crippen LogP contribution in [0.15, 0.2) is 12.2 Å². The minimum Gasteiger partial charge on any atom is -0.448 e. The van der Waals surface area contributed by atoms with E-state index < -0.39 is 12.2 Å². The molecule has 2 amide bonds. The molecule has 5 aliphatic carbocycles. The predicted molar refractivity (Wildman–Crippen MR) is 75.4 cm³/mol. The molecule has 8 atom stereocenters. The number of rotatable bonds is 2. The van der Waals surface area contributed by atoms with Crippen molar-refractivity contribution in [2.24, 2.45) is 35.5 Å². The van der Waals surface area contributed by atoms with E-state index in [0.29, 0.717) is 48.7 Å². The molecule has 1 heterocycles. The molecule has 6 heteroatoms. The Morgan fingerprint density at radius 1 is 0.818 bits per heavy atom. The first-order chi connectivity index (χ1) is 10.7. The van der Waals surface area contributed by atoms with E-state index in [0.717, 1.165) is 0 Å². The van der Waals surface area contributed by atoms with Crippen LogP contribution < -0.4 is 0 Å². The smallest absolute Gasteiger partial charge is 0.429 e. The molecular weight excluding hydrogens is 284 g/mol. The van der Waals surface area contributed by atoms with Gasteiger partial charge in [-0.2, -0.15) is 0 Å². The summed E-state index contributed by atoms with van der Waals surface area (Å²) in [6.45, 7) is 4.21. The average molecular weight is 304 g/mol. The van der Waals surface area contributed by atoms with Crippen LogP contribution in [0.3, 0.4) is 0 Å². The summed E-state index contributed by atoms with van der Waals surface area (Å²) in [7, 11) is 0. The third kappa shape index (κ3) is 1.14. The normalized spacial score (nSPS) is 47.9. The molecule has 0 aromatic rings. The van der Waals surface area contributed by atoms with E-state index in [-0.39, 0.29) is 12.1 Å². The lowest BCUT2D eigenvalue weighted by Gasteiger charge is -2.44. The Labute approximate surface area is 129 Å². The number of allylic oxidation sites excluding steroid dienone is 2. The molecule has 0 aromatic heterocycles. The van der Waals surface area contributed by atoms with Gasteiger partial charge >= 0.3 is 12.2 Å². The highest BCUT2D eigenvalue weighted by atomic mass is 16.6. The standard InChI is InChI=1S/C16H20N2O4/c1-3-21-15(19)17-13-10-7-5-6-8-9(7)12(13)14(11(8)10)18(17)16(20)22-4-2/h5-14H,3-4H2,1-2H3/t7-,8-,9?,10+,11+,12?,13-,14+/m1/s1. The van der Waals surface area contributed by atoms with Crippen molar-refractivity contribution in [3.8, 4) is 0 Å². The highest BCUT2D eigenvalue weighted by Crippen LogP contribution is 2.76. The second-order valence-corrected chi connectivity index (χ2v) is 6.92. The summed E-state index contributed by atoms with van der Waals surface area (Å²) < 4.78 is 10.4. The zero-order chi connectivity index (χ0) is 15.2. The molecule has 8 bridgehead atoms. The molecule has 118 valence electrons. The van der Waals surface area contributed by atoms with Gasteiger partial charge in [-0.05, 0) is 43.4 Å². The Morgan fingerprint density at radius 3 is 1.68 bits per heavy atom. The highest BCUT2D eigenvalue weighted by molar-refractivity contribution is 5.77. The molecule has 2 unspecified atom stereocenters. The molecule has 0 radical (unpaired) electrons. The summed E-state index contributed by atoms with van der Waals surface area (Å²) in [6, 6.07) is 0.240. The van der Waals surface area contributed by atoms with Crippen LogP contribution in [0.4, 0.5) is 9.59 Å². The molecule has 6 aliphatic rings. The van der Waals surface area contributed by atoms with Crippen molar-refractivity contribution in [3.63, 3.8) is 0 Å². The minimum absolute atomic E-state index is 0.120. The molecule has 5 fully saturated rings. The first-order valence-electron chi connectivity index (χ1n) is 8.31. The SMILES string of the molecule is CCOC(=O)N1[C@@H]2C3C4[C@H]5C=C[C@H]4[C@@H]([C@H]52)[C@H]3N1C(=O)OCC. The molecule has 0 spiro atoms. The zero-order valence-electron chi connectivity index (χ0n) is 12.7. The maximum atomic E-state index is 12.4. The monoisotopic (exact) mass is 304 g/mol. The lowest BCUT2D eigenvalue weighted by molar-refractivity contribution is -0.0744. The number of carbonyl (C=O) groups is 2. The summed E-state index contributed by atoms with van der Waals surface area (Å²) in [5, 5.41) is 3.17. The van der Waals surface area contributed by atoms with Crippen LogP contribution in [0.25, 0.3) is 0 Å². The van der Waals surface area contributed by atoms with Gasteiger partial charge in [-0.15, -0.1) is 0 Å². The molecule has 0 aromatic carbocycles. The Kier molecular flexibility index (Phi) is 2.31. The second-order valence-electron chi connectivity index (χ2n) is 6.92. The molecule has 6 nitrogen and oxygen atoms in total. The van der Waals surface area contributed by atoms with Gasteiger partial charge in [0, 0.05) is 5.92 Å². The third-order valence-electron chi connectivity index (χ3n) is 6.51. The van der Waals surface area contributed by atoms with Gasteiger partial charge in [0.25, 0.3) is 0 Å². The number of carbonyl (C=O) groups excluding carboxylic acids is 2. The molecule has 22 heavy (non-hydrogen) atoms. The first kappa shape index (κ1) is 12.8. The molecular formula is C16H20N2O4. The van der Waals surface area contributed by atoms with Crippen LogP contribution >= 0.6 is 0 Å². The first-order valence-corrected chi connectivity index (χ1v) is 8.31. The Hall–Kier alpha value is -1.72. The highest BCUT2D eigenvalue weighted by Gasteiger charge is 2.82. The van der Waals surface area contributed by atoms with Gasteiger partial charge in [0.05, 0.1) is 25.3 Å². The van der Waals surface area contributed by atoms with Crippen LogP contribution in [0, 0.1) is 35.5 Å². The molecule has 1 saturated heterocycles. The van der Waals surface area contributed by atoms with Crippen LogP contribution in [0.1, 0.15) is 13.8 Å². The summed E-state index contributed by atoms with van der Waals surface area (Å²) in [4.78, 5) is 24.9. The second kappa shape index (κ2) is 3.97. The van der Waals surface area contributed by atoms with E-state index in [1.54, 1.807) is 23.9 Å². The quantitative estimate of drug-likeness (QED) is 0.731. The number of hydrogen-bond acceptors (Lipinski definition) is 4. The van der Waals surface area contributed by atoms with E-state index in [4.69, 9.17) is 9.47 Å². The van der Waals surface area contributed by atoms with E-state index >= 15 is 0 Å². The van der Waals surface area contributed by atoms with Crippen molar-refractivity contribution in [1.82, 2.24) is 10.0 Å². The van der Waals surface area contributed by atoms with Crippen LogP contribution in [-0.4, -0.2) is 47.5 Å². The van der Waals surface area contributed by atoms with Gasteiger partial charge in [-0.1, -0.05) is 12.2 Å². The van der Waals surface area contributed by atoms with Crippen molar-refractivity contribution in [3.05, 3.63) is 12.2 Å². The molecule has 0 N–H and O–H groups in total. The Bertz CT molecular complexity index is 543. The van der Waals surface area contributed by atoms with Gasteiger partial charge in [0.2, 0.25) is 0 Å². The topological polar surface area (TPSA) is 59.1 Å². The maximum Gasteiger partial charge on any atom is 0.429 e. The lowest BCUT2D eigenvalue weighted by Crippen LogP contribution is -2.59. The van der Waals surface area contributed by atoms with E-state index in [2.05, 4.69) is 12.2 Å². The number of hydrazine groups is 1. The predicted octanol–water partition coefficient (Wildman–Crippen LogP) is 1.88. The number of hydrogen-bond donors (Lipinski definition) is 0. The van der Waals surface area contributed by atoms with Crippen LogP contribution in [-0.2, 0) is 9.47 Å². The summed E-state index contributed by atoms with van der Waals surface area (Å²) >= 11 is 0. The van der Waals surface area contributed by atoms with Gasteiger partial charge < -0.3 is 9.47 Å². The summed E-state index contributed by atoms with van der Waals surface area (Å²) in [5.74, 6) is 3.22. The lowest BCUT2D eigenvalue weighted by atomic mass is 9.81. The van der Waals surface area contributed by atoms with Gasteiger partial charge in [-0.25, -0.2) is 19.6 Å². The van der Waals surface area contributed by atoms with Crippen molar-refractivity contribution in [2.75, 3.05) is 13.2 Å². The third-order valence-corrected chi connectivity index (χ3v) is 6.51. The fraction of sp³-hybridized carbons (Fsp3) is 0.750. The van der Waals surface area contributed by atoms with Crippen molar-refractivity contribution in [1.29, 1.82) is 0 Å². The summed E-state index contributed by atoms with van der Waals surface area (Å²) in [6.07, 6.45) is 3.87. The number of ether oxygens (including phenoxy) is 2. The fourth-order valence-electron chi connectivity index (χ4n) is 6.39. The van der Waals surface area contributed by atoms with Gasteiger partial charge in [-0.3, -0.25) is 0 Å². The minimum atomic E-state index is -0.404. The van der Waals surface area contributed by atoms with Gasteiger partial charge in [0.1, 0.15) is 0 Å². The van der Waals surface area contributed by atoms with Crippen LogP contribution in [0.5, 0.6) is 0 Å². The van der Waals surface area contributed by atoms with E-state index in [9.17, 15) is 9.59 Å². The van der Waals surface area contributed by atoms with Crippen LogP contribution in [0.2, 0.25) is 0 Å². The molecule has 1 aliphatic heterocycles. The Balaban J connectivity index is 1.53. The summed E-state index contributed by atoms with van der Waals surface area (Å²) in [5.41, 5.74) is 0. The van der Waals surface area contributed by atoms with Crippen molar-refractivity contribution >= 4 is 12.2 Å². The number of amides is 2.